The first kappa shape index (κ1) is 22.6. The Kier molecular flexibility index (Phi) is 7.01. The van der Waals surface area contributed by atoms with Gasteiger partial charge in [-0.15, -0.1) is 11.8 Å². The molecule has 1 aromatic heterocycles. The van der Waals surface area contributed by atoms with Crippen LogP contribution in [0.15, 0.2) is 70.0 Å². The van der Waals surface area contributed by atoms with E-state index in [1.165, 1.54) is 11.8 Å². The van der Waals surface area contributed by atoms with E-state index in [9.17, 15) is 4.79 Å². The molecular weight excluding hydrogens is 485 g/mol. The number of thiocarbonyl (C=S) groups is 1. The molecule has 32 heavy (non-hydrogen) atoms. The number of aryl methyl sites for hydroxylation is 1. The van der Waals surface area contributed by atoms with Crippen LogP contribution in [-0.2, 0) is 4.79 Å². The van der Waals surface area contributed by atoms with E-state index in [1.807, 2.05) is 37.3 Å². The minimum absolute atomic E-state index is 0.188. The van der Waals surface area contributed by atoms with E-state index in [0.717, 1.165) is 16.0 Å². The molecule has 0 fully saturated rings. The zero-order chi connectivity index (χ0) is 22.7. The summed E-state index contributed by atoms with van der Waals surface area (Å²) in [7, 11) is 0. The van der Waals surface area contributed by atoms with E-state index in [-0.39, 0.29) is 16.8 Å². The van der Waals surface area contributed by atoms with Crippen molar-refractivity contribution in [2.24, 2.45) is 0 Å². The van der Waals surface area contributed by atoms with E-state index in [4.69, 9.17) is 39.8 Å². The number of carbonyl (C=O) groups is 1. The van der Waals surface area contributed by atoms with Gasteiger partial charge < -0.3 is 15.1 Å². The third-order valence-corrected chi connectivity index (χ3v) is 6.23. The second-order valence-electron chi connectivity index (χ2n) is 6.93. The van der Waals surface area contributed by atoms with Crippen LogP contribution in [0.3, 0.4) is 0 Å². The molecule has 0 aliphatic heterocycles. The molecule has 0 saturated carbocycles. The fourth-order valence-electron chi connectivity index (χ4n) is 2.92. The number of amides is 1. The van der Waals surface area contributed by atoms with E-state index in [1.54, 1.807) is 30.3 Å². The lowest BCUT2D eigenvalue weighted by Gasteiger charge is -2.11. The lowest BCUT2D eigenvalue weighted by atomic mass is 10.2. The smallest absolute Gasteiger partial charge is 0.236 e. The zero-order valence-corrected chi connectivity index (χ0v) is 20.0. The van der Waals surface area contributed by atoms with Crippen molar-refractivity contribution in [3.8, 4) is 11.5 Å². The highest BCUT2D eigenvalue weighted by atomic mass is 35.5. The molecule has 0 spiro atoms. The first-order valence-electron chi connectivity index (χ1n) is 9.54. The summed E-state index contributed by atoms with van der Waals surface area (Å²) in [5, 5.41) is 7.01. The van der Waals surface area contributed by atoms with Crippen molar-refractivity contribution in [1.82, 2.24) is 10.3 Å². The number of carbonyl (C=O) groups excluding carboxylic acids is 1. The molecule has 2 N–H and O–H groups in total. The van der Waals surface area contributed by atoms with Crippen molar-refractivity contribution in [2.45, 2.75) is 11.8 Å². The number of anilines is 1. The number of benzene rings is 3. The number of nitrogens with zero attached hydrogens (tertiary/aromatic N) is 1. The van der Waals surface area contributed by atoms with Gasteiger partial charge in [-0.25, -0.2) is 4.98 Å². The van der Waals surface area contributed by atoms with Crippen molar-refractivity contribution in [3.05, 3.63) is 76.3 Å². The molecule has 4 rings (SSSR count). The number of rotatable bonds is 5. The van der Waals surface area contributed by atoms with Crippen molar-refractivity contribution >= 4 is 75.0 Å². The van der Waals surface area contributed by atoms with Gasteiger partial charge in [-0.1, -0.05) is 29.3 Å². The molecule has 9 heteroatoms. The molecule has 0 unspecified atom stereocenters. The topological polar surface area (TPSA) is 67.2 Å². The van der Waals surface area contributed by atoms with E-state index >= 15 is 0 Å². The Morgan fingerprint density at radius 1 is 1.09 bits per heavy atom. The fraction of sp³-hybridized carbons (Fsp3) is 0.0870. The normalized spacial score (nSPS) is 10.8. The van der Waals surface area contributed by atoms with Crippen LogP contribution in [0.4, 0.5) is 5.69 Å². The van der Waals surface area contributed by atoms with Gasteiger partial charge in [0.25, 0.3) is 0 Å². The highest BCUT2D eigenvalue weighted by Gasteiger charge is 2.14. The van der Waals surface area contributed by atoms with Crippen LogP contribution in [-0.4, -0.2) is 21.8 Å². The fourth-order valence-corrected chi connectivity index (χ4v) is 4.18. The Labute approximate surface area is 204 Å². The zero-order valence-electron chi connectivity index (χ0n) is 16.8. The molecular formula is C23H17Cl2N3O2S2. The van der Waals surface area contributed by atoms with Crippen molar-refractivity contribution in [2.75, 3.05) is 11.1 Å². The van der Waals surface area contributed by atoms with Crippen molar-refractivity contribution < 1.29 is 9.21 Å². The summed E-state index contributed by atoms with van der Waals surface area (Å²) in [4.78, 5) is 17.7. The van der Waals surface area contributed by atoms with Gasteiger partial charge in [-0.05, 0) is 79.3 Å². The minimum Gasteiger partial charge on any atom is -0.436 e. The van der Waals surface area contributed by atoms with Crippen LogP contribution in [0.25, 0.3) is 22.6 Å². The molecule has 0 saturated heterocycles. The second-order valence-corrected chi connectivity index (χ2v) is 9.23. The van der Waals surface area contributed by atoms with Gasteiger partial charge in [0.15, 0.2) is 10.7 Å². The summed E-state index contributed by atoms with van der Waals surface area (Å²) < 4.78 is 5.86. The number of fused-ring (bicyclic) bond motifs is 1. The van der Waals surface area contributed by atoms with Crippen LogP contribution in [0.5, 0.6) is 0 Å². The molecule has 4 aromatic rings. The number of thioether (sulfide) groups is 1. The van der Waals surface area contributed by atoms with Gasteiger partial charge in [-0.3, -0.25) is 4.79 Å². The number of hydrogen-bond donors (Lipinski definition) is 2. The maximum Gasteiger partial charge on any atom is 0.236 e. The molecule has 3 aromatic carbocycles. The van der Waals surface area contributed by atoms with E-state index < -0.39 is 0 Å². The molecule has 1 heterocycles. The van der Waals surface area contributed by atoms with Gasteiger partial charge in [0.05, 0.1) is 16.3 Å². The summed E-state index contributed by atoms with van der Waals surface area (Å²) in [6.07, 6.45) is 0. The highest BCUT2D eigenvalue weighted by Crippen LogP contribution is 2.32. The first-order chi connectivity index (χ1) is 15.4. The lowest BCUT2D eigenvalue weighted by molar-refractivity contribution is -0.117. The molecule has 5 nitrogen and oxygen atoms in total. The maximum absolute atomic E-state index is 12.2. The van der Waals surface area contributed by atoms with Crippen LogP contribution in [0.2, 0.25) is 10.0 Å². The molecule has 1 amide bonds. The largest absolute Gasteiger partial charge is 0.436 e. The van der Waals surface area contributed by atoms with Crippen LogP contribution >= 0.6 is 47.2 Å². The average molecular weight is 502 g/mol. The Bertz CT molecular complexity index is 1310. The Morgan fingerprint density at radius 2 is 1.88 bits per heavy atom. The third-order valence-electron chi connectivity index (χ3n) is 4.43. The van der Waals surface area contributed by atoms with E-state index in [0.29, 0.717) is 32.8 Å². The molecule has 0 aliphatic carbocycles. The molecule has 162 valence electrons. The SMILES string of the molecule is Cc1ccc2oc(-c3cc(NC(=S)NC(=O)CSc4ccc(Cl)cc4)ccc3Cl)nc2c1. The standard InChI is InChI=1S/C23H17Cl2N3O2S2/c1-13-2-9-20-19(10-13)27-22(30-20)17-11-15(5-8-18(17)25)26-23(31)28-21(29)12-32-16-6-3-14(24)4-7-16/h2-11H,12H2,1H3,(H2,26,28,29,31). The van der Waals surface area contributed by atoms with Crippen LogP contribution < -0.4 is 10.6 Å². The average Bonchev–Trinajstić information content (AvgIpc) is 3.17. The number of oxazole rings is 1. The predicted octanol–water partition coefficient (Wildman–Crippen LogP) is 6.72. The first-order valence-corrected chi connectivity index (χ1v) is 11.7. The van der Waals surface area contributed by atoms with Gasteiger partial charge >= 0.3 is 0 Å². The van der Waals surface area contributed by atoms with Crippen molar-refractivity contribution in [1.29, 1.82) is 0 Å². The van der Waals surface area contributed by atoms with Gasteiger partial charge in [0.1, 0.15) is 5.52 Å². The van der Waals surface area contributed by atoms with Gasteiger partial charge in [0, 0.05) is 15.6 Å². The van der Waals surface area contributed by atoms with E-state index in [2.05, 4.69) is 15.6 Å². The second kappa shape index (κ2) is 9.92. The summed E-state index contributed by atoms with van der Waals surface area (Å²) in [6.45, 7) is 1.99. The number of nitrogens with one attached hydrogen (secondary N) is 2. The van der Waals surface area contributed by atoms with Crippen molar-refractivity contribution in [3.63, 3.8) is 0 Å². The Balaban J connectivity index is 1.41. The third kappa shape index (κ3) is 5.61. The quantitative estimate of drug-likeness (QED) is 0.233. The molecule has 0 radical (unpaired) electrons. The Morgan fingerprint density at radius 3 is 2.66 bits per heavy atom. The summed E-state index contributed by atoms with van der Waals surface area (Å²) >= 11 is 18.9. The summed E-state index contributed by atoms with van der Waals surface area (Å²) in [5.74, 6) is 0.414. The lowest BCUT2D eigenvalue weighted by Crippen LogP contribution is -2.35. The van der Waals surface area contributed by atoms with Gasteiger partial charge in [-0.2, -0.15) is 0 Å². The van der Waals surface area contributed by atoms with Crippen LogP contribution in [0, 0.1) is 6.92 Å². The number of halogens is 2. The molecule has 0 bridgehead atoms. The van der Waals surface area contributed by atoms with Crippen LogP contribution in [0.1, 0.15) is 5.56 Å². The van der Waals surface area contributed by atoms with Gasteiger partial charge in [0.2, 0.25) is 11.8 Å². The Hall–Kier alpha value is -2.58. The number of hydrogen-bond acceptors (Lipinski definition) is 5. The molecule has 0 atom stereocenters. The monoisotopic (exact) mass is 501 g/mol. The summed E-state index contributed by atoms with van der Waals surface area (Å²) in [6, 6.07) is 18.3. The minimum atomic E-state index is -0.217. The summed E-state index contributed by atoms with van der Waals surface area (Å²) in [5.41, 5.74) is 3.81. The predicted molar refractivity (Wildman–Crippen MR) is 136 cm³/mol. The molecule has 0 aliphatic rings. The highest BCUT2D eigenvalue weighted by molar-refractivity contribution is 8.00. The number of aromatic nitrogens is 1. The maximum atomic E-state index is 12.2.